The van der Waals surface area contributed by atoms with Crippen molar-refractivity contribution in [3.63, 3.8) is 0 Å². The number of pyridine rings is 1. The molecule has 0 radical (unpaired) electrons. The van der Waals surface area contributed by atoms with Crippen LogP contribution < -0.4 is 5.56 Å². The van der Waals surface area contributed by atoms with Gasteiger partial charge in [-0.25, -0.2) is 0 Å². The minimum atomic E-state index is -0.351. The highest BCUT2D eigenvalue weighted by Crippen LogP contribution is 2.46. The number of nitrogens with zero attached hydrogens (tertiary/aromatic N) is 3. The standard InChI is InChI=1S/C20H20N4O3S/c25-17-14(5-3-9-21-17)16-22-18(27-23-16)13-11-24(12-13)19(26)20(7-1-2-8-20)15-6-4-10-28-15/h3-6,9-10,13H,1-2,7-8,11-12H2,(H,21,25). The van der Waals surface area contributed by atoms with Gasteiger partial charge in [0.15, 0.2) is 0 Å². The number of hydrogen-bond donors (Lipinski definition) is 1. The topological polar surface area (TPSA) is 92.1 Å². The molecule has 5 rings (SSSR count). The van der Waals surface area contributed by atoms with Crippen LogP contribution in [0.4, 0.5) is 0 Å². The largest absolute Gasteiger partial charge is 0.340 e. The van der Waals surface area contributed by atoms with Gasteiger partial charge in [-0.15, -0.1) is 11.3 Å². The third kappa shape index (κ3) is 2.71. The van der Waals surface area contributed by atoms with Crippen LogP contribution in [0.2, 0.25) is 0 Å². The molecule has 2 fully saturated rings. The predicted molar refractivity (Wildman–Crippen MR) is 104 cm³/mol. The molecule has 1 aliphatic heterocycles. The molecule has 1 N–H and O–H groups in total. The second-order valence-corrected chi connectivity index (χ2v) is 8.49. The van der Waals surface area contributed by atoms with Crippen molar-refractivity contribution in [3.8, 4) is 11.4 Å². The first kappa shape index (κ1) is 17.4. The Morgan fingerprint density at radius 2 is 2.07 bits per heavy atom. The molecule has 1 amide bonds. The molecule has 144 valence electrons. The molecule has 8 heteroatoms. The lowest BCUT2D eigenvalue weighted by Gasteiger charge is -2.42. The summed E-state index contributed by atoms with van der Waals surface area (Å²) in [5.41, 5.74) is -0.219. The Morgan fingerprint density at radius 3 is 2.79 bits per heavy atom. The van der Waals surface area contributed by atoms with Gasteiger partial charge in [-0.2, -0.15) is 4.98 Å². The maximum Gasteiger partial charge on any atom is 0.259 e. The van der Waals surface area contributed by atoms with E-state index in [2.05, 4.69) is 21.2 Å². The van der Waals surface area contributed by atoms with Gasteiger partial charge in [-0.3, -0.25) is 9.59 Å². The summed E-state index contributed by atoms with van der Waals surface area (Å²) in [4.78, 5) is 35.3. The van der Waals surface area contributed by atoms with E-state index in [9.17, 15) is 9.59 Å². The van der Waals surface area contributed by atoms with Crippen LogP contribution in [-0.4, -0.2) is 39.0 Å². The van der Waals surface area contributed by atoms with Crippen molar-refractivity contribution in [2.75, 3.05) is 13.1 Å². The van der Waals surface area contributed by atoms with Gasteiger partial charge >= 0.3 is 0 Å². The van der Waals surface area contributed by atoms with E-state index in [1.807, 2.05) is 16.3 Å². The van der Waals surface area contributed by atoms with E-state index in [1.54, 1.807) is 29.7 Å². The Balaban J connectivity index is 1.31. The van der Waals surface area contributed by atoms with Gasteiger partial charge < -0.3 is 14.4 Å². The third-order valence-corrected chi connectivity index (χ3v) is 6.95. The molecule has 28 heavy (non-hydrogen) atoms. The molecular weight excluding hydrogens is 376 g/mol. The number of rotatable bonds is 4. The molecule has 0 bridgehead atoms. The number of aromatic amines is 1. The summed E-state index contributed by atoms with van der Waals surface area (Å²) in [5.74, 6) is 1.02. The van der Waals surface area contributed by atoms with Crippen molar-refractivity contribution in [1.29, 1.82) is 0 Å². The Morgan fingerprint density at radius 1 is 1.25 bits per heavy atom. The smallest absolute Gasteiger partial charge is 0.259 e. The van der Waals surface area contributed by atoms with Gasteiger partial charge in [0.25, 0.3) is 5.56 Å². The predicted octanol–water partition coefficient (Wildman–Crippen LogP) is 2.92. The molecule has 7 nitrogen and oxygen atoms in total. The number of carbonyl (C=O) groups is 1. The highest BCUT2D eigenvalue weighted by Gasteiger charge is 2.49. The third-order valence-electron chi connectivity index (χ3n) is 5.88. The second-order valence-electron chi connectivity index (χ2n) is 7.54. The summed E-state index contributed by atoms with van der Waals surface area (Å²) >= 11 is 1.68. The first-order valence-electron chi connectivity index (χ1n) is 9.52. The fourth-order valence-electron chi connectivity index (χ4n) is 4.31. The van der Waals surface area contributed by atoms with Gasteiger partial charge in [-0.1, -0.05) is 24.1 Å². The van der Waals surface area contributed by atoms with E-state index in [0.717, 1.165) is 25.7 Å². The van der Waals surface area contributed by atoms with Crippen molar-refractivity contribution in [2.24, 2.45) is 0 Å². The molecule has 3 aromatic heterocycles. The average molecular weight is 396 g/mol. The quantitative estimate of drug-likeness (QED) is 0.732. The van der Waals surface area contributed by atoms with Crippen LogP contribution >= 0.6 is 11.3 Å². The number of carbonyl (C=O) groups excluding carboxylic acids is 1. The van der Waals surface area contributed by atoms with Gasteiger partial charge in [0.1, 0.15) is 0 Å². The Bertz CT molecular complexity index is 1040. The van der Waals surface area contributed by atoms with E-state index in [-0.39, 0.29) is 28.6 Å². The van der Waals surface area contributed by atoms with E-state index >= 15 is 0 Å². The zero-order chi connectivity index (χ0) is 19.1. The van der Waals surface area contributed by atoms with Crippen molar-refractivity contribution in [2.45, 2.75) is 37.0 Å². The number of aromatic nitrogens is 3. The molecule has 0 aromatic carbocycles. The zero-order valence-corrected chi connectivity index (χ0v) is 16.1. The van der Waals surface area contributed by atoms with Crippen LogP contribution in [0.15, 0.2) is 45.2 Å². The van der Waals surface area contributed by atoms with Crippen LogP contribution in [0.3, 0.4) is 0 Å². The maximum absolute atomic E-state index is 13.3. The summed E-state index contributed by atoms with van der Waals surface area (Å²) < 4.78 is 5.38. The lowest BCUT2D eigenvalue weighted by molar-refractivity contribution is -0.142. The highest BCUT2D eigenvalue weighted by molar-refractivity contribution is 7.10. The molecule has 1 saturated heterocycles. The molecule has 0 unspecified atom stereocenters. The average Bonchev–Trinajstić information content (AvgIpc) is 3.42. The lowest BCUT2D eigenvalue weighted by atomic mass is 9.81. The van der Waals surface area contributed by atoms with Crippen molar-refractivity contribution < 1.29 is 9.32 Å². The molecule has 0 atom stereocenters. The number of thiophene rings is 1. The SMILES string of the molecule is O=C(N1CC(c2nc(-c3ccc[nH]c3=O)no2)C1)C1(c2cccs2)CCCC1. The second kappa shape index (κ2) is 6.70. The molecular formula is C20H20N4O3S. The molecule has 2 aliphatic rings. The van der Waals surface area contributed by atoms with Gasteiger partial charge in [0, 0.05) is 24.2 Å². The van der Waals surface area contributed by atoms with Crippen molar-refractivity contribution in [3.05, 3.63) is 57.0 Å². The van der Waals surface area contributed by atoms with Gasteiger partial charge in [0.2, 0.25) is 17.6 Å². The zero-order valence-electron chi connectivity index (χ0n) is 15.3. The van der Waals surface area contributed by atoms with Crippen molar-refractivity contribution >= 4 is 17.2 Å². The summed E-state index contributed by atoms with van der Waals surface area (Å²) in [7, 11) is 0. The number of amides is 1. The first-order chi connectivity index (χ1) is 13.7. The van der Waals surface area contributed by atoms with E-state index < -0.39 is 0 Å². The highest BCUT2D eigenvalue weighted by atomic mass is 32.1. The summed E-state index contributed by atoms with van der Waals surface area (Å²) in [6.45, 7) is 1.16. The molecule has 0 spiro atoms. The normalized spacial score (nSPS) is 18.9. The summed E-state index contributed by atoms with van der Waals surface area (Å²) in [5, 5.41) is 5.99. The Kier molecular flexibility index (Phi) is 4.16. The lowest BCUT2D eigenvalue weighted by Crippen LogP contribution is -2.55. The number of H-pyrrole nitrogens is 1. The summed E-state index contributed by atoms with van der Waals surface area (Å²) in [6, 6.07) is 7.50. The molecule has 3 aromatic rings. The van der Waals surface area contributed by atoms with Gasteiger partial charge in [0.05, 0.1) is 16.9 Å². The van der Waals surface area contributed by atoms with Crippen molar-refractivity contribution in [1.82, 2.24) is 20.0 Å². The molecule has 4 heterocycles. The Hall–Kier alpha value is -2.74. The maximum atomic E-state index is 13.3. The van der Waals surface area contributed by atoms with E-state index in [1.165, 1.54) is 4.88 Å². The molecule has 1 aliphatic carbocycles. The van der Waals surface area contributed by atoms with Crippen LogP contribution in [0.25, 0.3) is 11.4 Å². The van der Waals surface area contributed by atoms with Crippen LogP contribution in [0.5, 0.6) is 0 Å². The minimum absolute atomic E-state index is 0.0229. The van der Waals surface area contributed by atoms with Crippen LogP contribution in [0.1, 0.15) is 42.4 Å². The monoisotopic (exact) mass is 396 g/mol. The van der Waals surface area contributed by atoms with Crippen LogP contribution in [0, 0.1) is 0 Å². The minimum Gasteiger partial charge on any atom is -0.340 e. The van der Waals surface area contributed by atoms with Crippen LogP contribution in [-0.2, 0) is 10.2 Å². The van der Waals surface area contributed by atoms with Gasteiger partial charge in [-0.05, 0) is 36.4 Å². The number of hydrogen-bond acceptors (Lipinski definition) is 6. The summed E-state index contributed by atoms with van der Waals surface area (Å²) in [6.07, 6.45) is 5.61. The fourth-order valence-corrected chi connectivity index (χ4v) is 5.28. The first-order valence-corrected chi connectivity index (χ1v) is 10.4. The Labute approximate surface area is 165 Å². The fraction of sp³-hybridized carbons (Fsp3) is 0.400. The van der Waals surface area contributed by atoms with E-state index in [0.29, 0.717) is 24.5 Å². The number of nitrogens with one attached hydrogen (secondary N) is 1. The number of likely N-dealkylation sites (tertiary alicyclic amines) is 1. The van der Waals surface area contributed by atoms with E-state index in [4.69, 9.17) is 4.52 Å². The molecule has 1 saturated carbocycles.